The molecule has 1 N–H and O–H groups in total. The highest BCUT2D eigenvalue weighted by Crippen LogP contribution is 2.15. The van der Waals surface area contributed by atoms with E-state index in [0.29, 0.717) is 0 Å². The first-order valence-electron chi connectivity index (χ1n) is 5.87. The van der Waals surface area contributed by atoms with Gasteiger partial charge in [-0.1, -0.05) is 6.92 Å². The maximum Gasteiger partial charge on any atom is 0.117 e. The SMILES string of the molecule is CCN1CCC[C@H]1CNCc1ccco1. The maximum atomic E-state index is 5.28. The van der Waals surface area contributed by atoms with E-state index >= 15 is 0 Å². The van der Waals surface area contributed by atoms with Crippen molar-refractivity contribution in [2.45, 2.75) is 32.4 Å². The van der Waals surface area contributed by atoms with Crippen LogP contribution in [0.5, 0.6) is 0 Å². The Morgan fingerprint density at radius 1 is 1.60 bits per heavy atom. The molecule has 1 aromatic heterocycles. The van der Waals surface area contributed by atoms with Gasteiger partial charge < -0.3 is 9.73 Å². The molecular formula is C12H20N2O. The molecule has 0 saturated carbocycles. The molecule has 2 heterocycles. The van der Waals surface area contributed by atoms with Crippen molar-refractivity contribution in [3.05, 3.63) is 24.2 Å². The highest BCUT2D eigenvalue weighted by molar-refractivity contribution is 4.97. The van der Waals surface area contributed by atoms with Crippen molar-refractivity contribution in [3.8, 4) is 0 Å². The topological polar surface area (TPSA) is 28.4 Å². The summed E-state index contributed by atoms with van der Waals surface area (Å²) in [7, 11) is 0. The van der Waals surface area contributed by atoms with Gasteiger partial charge in [0, 0.05) is 12.6 Å². The number of hydrogen-bond donors (Lipinski definition) is 1. The Morgan fingerprint density at radius 3 is 3.27 bits per heavy atom. The summed E-state index contributed by atoms with van der Waals surface area (Å²) in [5.74, 6) is 1.02. The molecule has 1 aromatic rings. The van der Waals surface area contributed by atoms with Gasteiger partial charge in [0.1, 0.15) is 5.76 Å². The first-order chi connectivity index (χ1) is 7.40. The summed E-state index contributed by atoms with van der Waals surface area (Å²) in [6.45, 7) is 6.61. The van der Waals surface area contributed by atoms with Gasteiger partial charge in [0.2, 0.25) is 0 Å². The van der Waals surface area contributed by atoms with E-state index in [4.69, 9.17) is 4.42 Å². The molecule has 0 aliphatic carbocycles. The minimum atomic E-state index is 0.727. The van der Waals surface area contributed by atoms with Gasteiger partial charge in [0.05, 0.1) is 12.8 Å². The first kappa shape index (κ1) is 10.7. The van der Waals surface area contributed by atoms with Crippen LogP contribution in [0.25, 0.3) is 0 Å². The fourth-order valence-electron chi connectivity index (χ4n) is 2.32. The predicted octanol–water partition coefficient (Wildman–Crippen LogP) is 1.85. The molecule has 1 saturated heterocycles. The molecule has 0 bridgehead atoms. The standard InChI is InChI=1S/C12H20N2O/c1-2-14-7-3-5-11(14)9-13-10-12-6-4-8-15-12/h4,6,8,11,13H,2-3,5,7,9-10H2,1H3/t11-/m0/s1. The fraction of sp³-hybridized carbons (Fsp3) is 0.667. The number of nitrogens with one attached hydrogen (secondary N) is 1. The molecular weight excluding hydrogens is 188 g/mol. The number of likely N-dealkylation sites (N-methyl/N-ethyl adjacent to an activating group) is 1. The van der Waals surface area contributed by atoms with Crippen molar-refractivity contribution >= 4 is 0 Å². The van der Waals surface area contributed by atoms with E-state index in [0.717, 1.165) is 24.9 Å². The van der Waals surface area contributed by atoms with Gasteiger partial charge in [-0.3, -0.25) is 4.90 Å². The third kappa shape index (κ3) is 2.83. The van der Waals surface area contributed by atoms with E-state index in [1.165, 1.54) is 25.9 Å². The summed E-state index contributed by atoms with van der Waals surface area (Å²) in [6.07, 6.45) is 4.41. The van der Waals surface area contributed by atoms with Crippen molar-refractivity contribution in [2.75, 3.05) is 19.6 Å². The average Bonchev–Trinajstić information content (AvgIpc) is 2.88. The lowest BCUT2D eigenvalue weighted by Gasteiger charge is -2.22. The summed E-state index contributed by atoms with van der Waals surface area (Å²) in [6, 6.07) is 4.68. The average molecular weight is 208 g/mol. The third-order valence-electron chi connectivity index (χ3n) is 3.16. The minimum absolute atomic E-state index is 0.727. The maximum absolute atomic E-state index is 5.28. The summed E-state index contributed by atoms with van der Waals surface area (Å²) in [5, 5.41) is 3.46. The quantitative estimate of drug-likeness (QED) is 0.800. The second-order valence-corrected chi connectivity index (χ2v) is 4.13. The third-order valence-corrected chi connectivity index (χ3v) is 3.16. The molecule has 3 nitrogen and oxygen atoms in total. The van der Waals surface area contributed by atoms with Gasteiger partial charge in [-0.2, -0.15) is 0 Å². The lowest BCUT2D eigenvalue weighted by molar-refractivity contribution is 0.258. The lowest BCUT2D eigenvalue weighted by Crippen LogP contribution is -2.37. The molecule has 2 rings (SSSR count). The summed E-state index contributed by atoms with van der Waals surface area (Å²) >= 11 is 0. The Labute approximate surface area is 91.4 Å². The Morgan fingerprint density at radius 2 is 2.53 bits per heavy atom. The zero-order valence-electron chi connectivity index (χ0n) is 9.41. The van der Waals surface area contributed by atoms with Crippen LogP contribution >= 0.6 is 0 Å². The Hall–Kier alpha value is -0.800. The van der Waals surface area contributed by atoms with Crippen molar-refractivity contribution < 1.29 is 4.42 Å². The normalized spacial score (nSPS) is 22.3. The van der Waals surface area contributed by atoms with Crippen LogP contribution in [-0.4, -0.2) is 30.6 Å². The smallest absolute Gasteiger partial charge is 0.117 e. The van der Waals surface area contributed by atoms with Crippen LogP contribution in [0.1, 0.15) is 25.5 Å². The van der Waals surface area contributed by atoms with Crippen LogP contribution in [0.3, 0.4) is 0 Å². The van der Waals surface area contributed by atoms with Crippen LogP contribution in [-0.2, 0) is 6.54 Å². The molecule has 0 unspecified atom stereocenters. The van der Waals surface area contributed by atoms with Gasteiger partial charge in [-0.05, 0) is 38.1 Å². The van der Waals surface area contributed by atoms with Crippen LogP contribution < -0.4 is 5.32 Å². The first-order valence-corrected chi connectivity index (χ1v) is 5.87. The van der Waals surface area contributed by atoms with Crippen molar-refractivity contribution in [1.82, 2.24) is 10.2 Å². The number of likely N-dealkylation sites (tertiary alicyclic amines) is 1. The molecule has 15 heavy (non-hydrogen) atoms. The van der Waals surface area contributed by atoms with E-state index in [1.54, 1.807) is 6.26 Å². The molecule has 0 spiro atoms. The van der Waals surface area contributed by atoms with Crippen LogP contribution in [0, 0.1) is 0 Å². The van der Waals surface area contributed by atoms with Gasteiger partial charge >= 0.3 is 0 Å². The van der Waals surface area contributed by atoms with E-state index in [-0.39, 0.29) is 0 Å². The zero-order valence-corrected chi connectivity index (χ0v) is 9.41. The number of nitrogens with zero attached hydrogens (tertiary/aromatic N) is 1. The van der Waals surface area contributed by atoms with Crippen molar-refractivity contribution in [1.29, 1.82) is 0 Å². The van der Waals surface area contributed by atoms with Gasteiger partial charge in [-0.25, -0.2) is 0 Å². The van der Waals surface area contributed by atoms with Gasteiger partial charge in [0.25, 0.3) is 0 Å². The van der Waals surface area contributed by atoms with Crippen LogP contribution in [0.4, 0.5) is 0 Å². The monoisotopic (exact) mass is 208 g/mol. The molecule has 0 amide bonds. The lowest BCUT2D eigenvalue weighted by atomic mass is 10.2. The molecule has 84 valence electrons. The number of hydrogen-bond acceptors (Lipinski definition) is 3. The second kappa shape index (κ2) is 5.33. The number of furan rings is 1. The highest BCUT2D eigenvalue weighted by atomic mass is 16.3. The van der Waals surface area contributed by atoms with E-state index in [1.807, 2.05) is 12.1 Å². The molecule has 0 radical (unpaired) electrons. The van der Waals surface area contributed by atoms with Gasteiger partial charge in [-0.15, -0.1) is 0 Å². The largest absolute Gasteiger partial charge is 0.468 e. The van der Waals surface area contributed by atoms with Crippen molar-refractivity contribution in [2.24, 2.45) is 0 Å². The molecule has 1 fully saturated rings. The van der Waals surface area contributed by atoms with E-state index in [9.17, 15) is 0 Å². The predicted molar refractivity (Wildman–Crippen MR) is 60.7 cm³/mol. The summed E-state index contributed by atoms with van der Waals surface area (Å²) in [5.41, 5.74) is 0. The zero-order chi connectivity index (χ0) is 10.5. The molecule has 0 aromatic carbocycles. The Balaban J connectivity index is 1.69. The fourth-order valence-corrected chi connectivity index (χ4v) is 2.32. The second-order valence-electron chi connectivity index (χ2n) is 4.13. The Kier molecular flexibility index (Phi) is 3.80. The molecule has 1 aliphatic rings. The molecule has 1 atom stereocenters. The van der Waals surface area contributed by atoms with Crippen LogP contribution in [0.15, 0.2) is 22.8 Å². The van der Waals surface area contributed by atoms with Crippen LogP contribution in [0.2, 0.25) is 0 Å². The van der Waals surface area contributed by atoms with Gasteiger partial charge in [0.15, 0.2) is 0 Å². The van der Waals surface area contributed by atoms with E-state index in [2.05, 4.69) is 17.1 Å². The van der Waals surface area contributed by atoms with Crippen molar-refractivity contribution in [3.63, 3.8) is 0 Å². The minimum Gasteiger partial charge on any atom is -0.468 e. The summed E-state index contributed by atoms with van der Waals surface area (Å²) in [4.78, 5) is 2.55. The number of rotatable bonds is 5. The Bertz CT molecular complexity index is 271. The van der Waals surface area contributed by atoms with E-state index < -0.39 is 0 Å². The molecule has 1 aliphatic heterocycles. The summed E-state index contributed by atoms with van der Waals surface area (Å²) < 4.78 is 5.28. The molecule has 3 heteroatoms. The highest BCUT2D eigenvalue weighted by Gasteiger charge is 2.21.